The van der Waals surface area contributed by atoms with E-state index in [1.165, 1.54) is 14.2 Å². The molecule has 0 radical (unpaired) electrons. The van der Waals surface area contributed by atoms with Gasteiger partial charge in [0.2, 0.25) is 0 Å². The van der Waals surface area contributed by atoms with E-state index in [0.29, 0.717) is 0 Å². The van der Waals surface area contributed by atoms with Crippen LogP contribution in [0, 0.1) is 0 Å². The lowest BCUT2D eigenvalue weighted by molar-refractivity contribution is -0.364. The van der Waals surface area contributed by atoms with Gasteiger partial charge in [0, 0.05) is 14.2 Å². The van der Waals surface area contributed by atoms with E-state index in [-0.39, 0.29) is 0 Å². The smallest absolute Gasteiger partial charge is 0.187 e. The Morgan fingerprint density at radius 2 is 1.06 bits per heavy atom. The van der Waals surface area contributed by atoms with Gasteiger partial charge in [-0.2, -0.15) is 0 Å². The van der Waals surface area contributed by atoms with Crippen LogP contribution in [0.25, 0.3) is 0 Å². The summed E-state index contributed by atoms with van der Waals surface area (Å²) in [5, 5.41) is 90.8. The van der Waals surface area contributed by atoms with Gasteiger partial charge in [-0.3, -0.25) is 0 Å². The lowest BCUT2D eigenvalue weighted by Gasteiger charge is -2.46. The molecule has 0 aromatic carbocycles. The number of rotatable bonds is 9. The van der Waals surface area contributed by atoms with Crippen LogP contribution in [0.15, 0.2) is 0 Å². The summed E-state index contributed by atoms with van der Waals surface area (Å²) < 4.78 is 37.5. The van der Waals surface area contributed by atoms with Crippen LogP contribution in [-0.2, 0) is 33.2 Å². The van der Waals surface area contributed by atoms with Crippen molar-refractivity contribution in [3.05, 3.63) is 0 Å². The van der Waals surface area contributed by atoms with Gasteiger partial charge in [0.1, 0.15) is 73.2 Å². The molecule has 212 valence electrons. The van der Waals surface area contributed by atoms with Crippen molar-refractivity contribution in [2.24, 2.45) is 0 Å². The maximum Gasteiger partial charge on any atom is 0.187 e. The third kappa shape index (κ3) is 5.99. The Labute approximate surface area is 206 Å². The molecule has 3 saturated heterocycles. The summed E-state index contributed by atoms with van der Waals surface area (Å²) in [6.07, 6.45) is -22.0. The van der Waals surface area contributed by atoms with Gasteiger partial charge in [0.15, 0.2) is 18.9 Å². The molecule has 0 aromatic rings. The molecular weight excluding hydrogens is 496 g/mol. The van der Waals surface area contributed by atoms with E-state index < -0.39 is 112 Å². The summed E-state index contributed by atoms with van der Waals surface area (Å²) in [7, 11) is 2.46. The van der Waals surface area contributed by atoms with Gasteiger partial charge in [0.05, 0.1) is 19.8 Å². The van der Waals surface area contributed by atoms with Crippen LogP contribution in [0.2, 0.25) is 0 Å². The van der Waals surface area contributed by atoms with E-state index in [1.807, 2.05) is 0 Å². The van der Waals surface area contributed by atoms with Crippen LogP contribution in [0.5, 0.6) is 0 Å². The Bertz CT molecular complexity index is 668. The Balaban J connectivity index is 1.70. The van der Waals surface area contributed by atoms with E-state index in [2.05, 4.69) is 0 Å². The first-order chi connectivity index (χ1) is 17.1. The predicted molar refractivity (Wildman–Crippen MR) is 111 cm³/mol. The topological polar surface area (TPSA) is 247 Å². The van der Waals surface area contributed by atoms with Gasteiger partial charge in [-0.05, 0) is 0 Å². The SMILES string of the molecule is CO[C@@H]1OC(CO)[C@@H](O[C@@H]2OC(CO[C@H]3OC(CO)[C@H](O)[C@H](O)C3O)[C@@H](OC)[C@H](O)C2O)[C@H](O)C1O. The monoisotopic (exact) mass is 532 g/mol. The highest BCUT2D eigenvalue weighted by atomic mass is 16.8. The highest BCUT2D eigenvalue weighted by Gasteiger charge is 2.52. The standard InChI is InChI=1S/C20H36O16/c1-30-16-8(5-32-19-13(27)10(24)9(23)6(3-21)33-19)35-20(15(29)11(16)25)36-17-7(4-22)34-18(31-2)14(28)12(17)26/h6-29H,3-5H2,1-2H3/t6?,7?,8?,9-,10-,11+,12+,13?,14?,15?,16+,17+,18+,19-,20-/m0/s1. The van der Waals surface area contributed by atoms with Crippen LogP contribution >= 0.6 is 0 Å². The highest BCUT2D eigenvalue weighted by molar-refractivity contribution is 4.95. The van der Waals surface area contributed by atoms with Gasteiger partial charge >= 0.3 is 0 Å². The minimum atomic E-state index is -1.71. The van der Waals surface area contributed by atoms with Crippen LogP contribution in [0.4, 0.5) is 0 Å². The fourth-order valence-corrected chi connectivity index (χ4v) is 4.41. The molecule has 0 bridgehead atoms. The first-order valence-electron chi connectivity index (χ1n) is 11.4. The lowest BCUT2D eigenvalue weighted by Crippen LogP contribution is -2.65. The molecule has 3 heterocycles. The van der Waals surface area contributed by atoms with Gasteiger partial charge in [-0.1, -0.05) is 0 Å². The van der Waals surface area contributed by atoms with E-state index in [0.717, 1.165) is 0 Å². The molecule has 3 fully saturated rings. The number of aliphatic hydroxyl groups is 9. The maximum absolute atomic E-state index is 10.6. The van der Waals surface area contributed by atoms with Crippen molar-refractivity contribution in [3.8, 4) is 0 Å². The largest absolute Gasteiger partial charge is 0.394 e. The summed E-state index contributed by atoms with van der Waals surface area (Å²) in [5.74, 6) is 0. The van der Waals surface area contributed by atoms with Gasteiger partial charge < -0.3 is 79.1 Å². The van der Waals surface area contributed by atoms with Gasteiger partial charge in [-0.25, -0.2) is 0 Å². The fourth-order valence-electron chi connectivity index (χ4n) is 4.41. The Morgan fingerprint density at radius 3 is 1.64 bits per heavy atom. The first-order valence-corrected chi connectivity index (χ1v) is 11.4. The molecule has 3 rings (SSSR count). The van der Waals surface area contributed by atoms with E-state index in [1.54, 1.807) is 0 Å². The average molecular weight is 532 g/mol. The van der Waals surface area contributed by atoms with Crippen molar-refractivity contribution in [1.82, 2.24) is 0 Å². The second-order valence-electron chi connectivity index (χ2n) is 8.80. The number of aliphatic hydroxyl groups excluding tert-OH is 9. The third-order valence-corrected chi connectivity index (χ3v) is 6.53. The van der Waals surface area contributed by atoms with Crippen molar-refractivity contribution in [2.75, 3.05) is 34.0 Å². The number of hydrogen-bond acceptors (Lipinski definition) is 16. The van der Waals surface area contributed by atoms with Gasteiger partial charge in [0.25, 0.3) is 0 Å². The Kier molecular flexibility index (Phi) is 10.8. The van der Waals surface area contributed by atoms with Crippen molar-refractivity contribution < 1.29 is 79.1 Å². The minimum absolute atomic E-state index is 0.452. The Morgan fingerprint density at radius 1 is 0.528 bits per heavy atom. The summed E-state index contributed by atoms with van der Waals surface area (Å²) in [6, 6.07) is 0. The Hall–Kier alpha value is -0.640. The minimum Gasteiger partial charge on any atom is -0.394 e. The zero-order chi connectivity index (χ0) is 26.7. The fraction of sp³-hybridized carbons (Fsp3) is 1.00. The van der Waals surface area contributed by atoms with Crippen LogP contribution in [-0.4, -0.2) is 172 Å². The van der Waals surface area contributed by atoms with E-state index in [4.69, 9.17) is 33.2 Å². The molecule has 36 heavy (non-hydrogen) atoms. The molecule has 0 spiro atoms. The highest BCUT2D eigenvalue weighted by Crippen LogP contribution is 2.31. The quantitative estimate of drug-likeness (QED) is 0.134. The first kappa shape index (κ1) is 29.9. The maximum atomic E-state index is 10.6. The molecule has 0 aromatic heterocycles. The normalized spacial score (nSPS) is 50.2. The molecule has 0 aliphatic carbocycles. The molecule has 3 aliphatic heterocycles. The van der Waals surface area contributed by atoms with Crippen LogP contribution in [0.3, 0.4) is 0 Å². The molecule has 15 atom stereocenters. The average Bonchev–Trinajstić information content (AvgIpc) is 2.88. The summed E-state index contributed by atoms with van der Waals surface area (Å²) in [5.41, 5.74) is 0. The molecule has 0 saturated carbocycles. The molecule has 9 N–H and O–H groups in total. The lowest BCUT2D eigenvalue weighted by atomic mass is 9.96. The zero-order valence-electron chi connectivity index (χ0n) is 19.7. The van der Waals surface area contributed by atoms with Crippen molar-refractivity contribution in [2.45, 2.75) is 92.1 Å². The van der Waals surface area contributed by atoms with E-state index in [9.17, 15) is 46.0 Å². The second kappa shape index (κ2) is 12.9. The summed E-state index contributed by atoms with van der Waals surface area (Å²) in [6.45, 7) is -1.77. The molecule has 16 nitrogen and oxygen atoms in total. The van der Waals surface area contributed by atoms with Crippen LogP contribution in [0.1, 0.15) is 0 Å². The van der Waals surface area contributed by atoms with E-state index >= 15 is 0 Å². The molecule has 16 heteroatoms. The van der Waals surface area contributed by atoms with Crippen LogP contribution < -0.4 is 0 Å². The number of ether oxygens (including phenoxy) is 7. The van der Waals surface area contributed by atoms with Gasteiger partial charge in [-0.15, -0.1) is 0 Å². The molecule has 3 aliphatic rings. The van der Waals surface area contributed by atoms with Crippen molar-refractivity contribution in [3.63, 3.8) is 0 Å². The predicted octanol–water partition coefficient (Wildman–Crippen LogP) is -6.26. The molecule has 6 unspecified atom stereocenters. The summed E-state index contributed by atoms with van der Waals surface area (Å²) in [4.78, 5) is 0. The number of methoxy groups -OCH3 is 2. The summed E-state index contributed by atoms with van der Waals surface area (Å²) >= 11 is 0. The molecular formula is C20H36O16. The zero-order valence-corrected chi connectivity index (χ0v) is 19.7. The second-order valence-corrected chi connectivity index (χ2v) is 8.80. The third-order valence-electron chi connectivity index (χ3n) is 6.53. The van der Waals surface area contributed by atoms with Crippen molar-refractivity contribution >= 4 is 0 Å². The number of hydrogen-bond donors (Lipinski definition) is 9. The van der Waals surface area contributed by atoms with Crippen molar-refractivity contribution in [1.29, 1.82) is 0 Å². The molecule has 0 amide bonds.